The van der Waals surface area contributed by atoms with E-state index in [4.69, 9.17) is 4.52 Å². The number of anilines is 1. The summed E-state index contributed by atoms with van der Waals surface area (Å²) < 4.78 is 4.93. The van der Waals surface area contributed by atoms with Gasteiger partial charge in [0.2, 0.25) is 0 Å². The fraction of sp³-hybridized carbons (Fsp3) is 0.286. The Bertz CT molecular complexity index is 676. The van der Waals surface area contributed by atoms with Crippen LogP contribution in [0.25, 0.3) is 0 Å². The van der Waals surface area contributed by atoms with E-state index >= 15 is 0 Å². The second-order valence-electron chi connectivity index (χ2n) is 4.66. The van der Waals surface area contributed by atoms with Gasteiger partial charge in [-0.15, -0.1) is 0 Å². The summed E-state index contributed by atoms with van der Waals surface area (Å²) in [6, 6.07) is 6.35. The highest BCUT2D eigenvalue weighted by Crippen LogP contribution is 2.22. The topological polar surface area (TPSA) is 110 Å². The van der Waals surface area contributed by atoms with Crippen molar-refractivity contribution in [3.63, 3.8) is 0 Å². The average Bonchev–Trinajstić information content (AvgIpc) is 2.83. The molecule has 1 amide bonds. The van der Waals surface area contributed by atoms with Crippen molar-refractivity contribution in [2.75, 3.05) is 18.4 Å². The zero-order valence-electron chi connectivity index (χ0n) is 12.3. The molecule has 0 unspecified atom stereocenters. The number of amides is 1. The molecule has 2 N–H and O–H groups in total. The fourth-order valence-electron chi connectivity index (χ4n) is 2.05. The predicted octanol–water partition coefficient (Wildman–Crippen LogP) is 2.04. The Balaban J connectivity index is 1.88. The highest BCUT2D eigenvalue weighted by atomic mass is 16.6. The minimum absolute atomic E-state index is 0.000417. The van der Waals surface area contributed by atoms with E-state index in [0.29, 0.717) is 35.8 Å². The number of nitro benzene ring substituents is 1. The number of nitrogens with one attached hydrogen (secondary N) is 2. The predicted molar refractivity (Wildman–Crippen MR) is 79.9 cm³/mol. The van der Waals surface area contributed by atoms with Crippen LogP contribution in [0.1, 0.15) is 21.8 Å². The zero-order valence-corrected chi connectivity index (χ0v) is 12.3. The summed E-state index contributed by atoms with van der Waals surface area (Å²) in [4.78, 5) is 22.4. The van der Waals surface area contributed by atoms with Crippen molar-refractivity contribution in [3.8, 4) is 0 Å². The maximum Gasteiger partial charge on any atom is 0.292 e. The fourth-order valence-corrected chi connectivity index (χ4v) is 2.05. The van der Waals surface area contributed by atoms with Gasteiger partial charge in [-0.1, -0.05) is 17.3 Å². The molecular formula is C14H16N4O4. The standard InChI is InChI=1S/C14H16N4O4/c1-9-13(10(2)22-17-9)14(19)16-8-7-15-11-5-3-4-6-12(11)18(20)21/h3-6,15H,7-8H2,1-2H3,(H,16,19). The number of hydrogen-bond acceptors (Lipinski definition) is 6. The Hall–Kier alpha value is -2.90. The summed E-state index contributed by atoms with van der Waals surface area (Å²) in [5, 5.41) is 20.2. The molecule has 0 aliphatic carbocycles. The van der Waals surface area contributed by atoms with E-state index in [-0.39, 0.29) is 11.6 Å². The molecule has 0 bridgehead atoms. The average molecular weight is 304 g/mol. The third-order valence-electron chi connectivity index (χ3n) is 3.09. The van der Waals surface area contributed by atoms with E-state index < -0.39 is 4.92 Å². The second-order valence-corrected chi connectivity index (χ2v) is 4.66. The summed E-state index contributed by atoms with van der Waals surface area (Å²) >= 11 is 0. The first kappa shape index (κ1) is 15.5. The molecule has 0 radical (unpaired) electrons. The van der Waals surface area contributed by atoms with E-state index in [9.17, 15) is 14.9 Å². The van der Waals surface area contributed by atoms with Gasteiger partial charge in [-0.2, -0.15) is 0 Å². The van der Waals surface area contributed by atoms with Crippen LogP contribution >= 0.6 is 0 Å². The Labute approximate surface area is 126 Å². The molecule has 1 heterocycles. The Morgan fingerprint density at radius 2 is 2.05 bits per heavy atom. The lowest BCUT2D eigenvalue weighted by atomic mass is 10.2. The first-order valence-electron chi connectivity index (χ1n) is 6.69. The molecule has 22 heavy (non-hydrogen) atoms. The quantitative estimate of drug-likeness (QED) is 0.480. The number of carbonyl (C=O) groups is 1. The number of para-hydroxylation sites is 2. The van der Waals surface area contributed by atoms with E-state index in [1.54, 1.807) is 32.0 Å². The SMILES string of the molecule is Cc1noc(C)c1C(=O)NCCNc1ccccc1[N+](=O)[O-]. The van der Waals surface area contributed by atoms with Gasteiger partial charge in [0, 0.05) is 19.2 Å². The number of carbonyl (C=O) groups excluding carboxylic acids is 1. The molecule has 1 aromatic carbocycles. The number of nitro groups is 1. The molecule has 0 aliphatic rings. The van der Waals surface area contributed by atoms with E-state index in [2.05, 4.69) is 15.8 Å². The summed E-state index contributed by atoms with van der Waals surface area (Å²) in [7, 11) is 0. The summed E-state index contributed by atoms with van der Waals surface area (Å²) in [5.41, 5.74) is 1.37. The molecular weight excluding hydrogens is 288 g/mol. The lowest BCUT2D eigenvalue weighted by Gasteiger charge is -2.08. The van der Waals surface area contributed by atoms with Gasteiger partial charge in [-0.05, 0) is 19.9 Å². The zero-order chi connectivity index (χ0) is 16.1. The number of rotatable bonds is 6. The first-order valence-corrected chi connectivity index (χ1v) is 6.69. The van der Waals surface area contributed by atoms with Crippen LogP contribution in [-0.2, 0) is 0 Å². The van der Waals surface area contributed by atoms with E-state index in [1.165, 1.54) is 6.07 Å². The third kappa shape index (κ3) is 3.40. The normalized spacial score (nSPS) is 10.3. The highest BCUT2D eigenvalue weighted by molar-refractivity contribution is 5.96. The van der Waals surface area contributed by atoms with Crippen LogP contribution in [0, 0.1) is 24.0 Å². The van der Waals surface area contributed by atoms with Crippen molar-refractivity contribution in [2.24, 2.45) is 0 Å². The van der Waals surface area contributed by atoms with Gasteiger partial charge in [-0.25, -0.2) is 0 Å². The molecule has 0 spiro atoms. The van der Waals surface area contributed by atoms with Gasteiger partial charge in [0.1, 0.15) is 17.0 Å². The Kier molecular flexibility index (Phi) is 4.72. The maximum absolute atomic E-state index is 12.0. The summed E-state index contributed by atoms with van der Waals surface area (Å²) in [6.45, 7) is 4.03. The molecule has 0 aliphatic heterocycles. The van der Waals surface area contributed by atoms with Gasteiger partial charge in [-0.3, -0.25) is 14.9 Å². The molecule has 0 fully saturated rings. The van der Waals surface area contributed by atoms with Crippen molar-refractivity contribution in [1.29, 1.82) is 0 Å². The molecule has 0 saturated heterocycles. The van der Waals surface area contributed by atoms with Gasteiger partial charge in [0.15, 0.2) is 0 Å². The second kappa shape index (κ2) is 6.70. The lowest BCUT2D eigenvalue weighted by Crippen LogP contribution is -2.29. The number of nitrogens with zero attached hydrogens (tertiary/aromatic N) is 2. The van der Waals surface area contributed by atoms with Crippen LogP contribution in [0.3, 0.4) is 0 Å². The summed E-state index contributed by atoms with van der Waals surface area (Å²) in [5.74, 6) is 0.183. The van der Waals surface area contributed by atoms with Crippen LogP contribution in [0.2, 0.25) is 0 Å². The molecule has 1 aromatic heterocycles. The van der Waals surface area contributed by atoms with Crippen LogP contribution in [0.4, 0.5) is 11.4 Å². The molecule has 8 nitrogen and oxygen atoms in total. The minimum atomic E-state index is -0.454. The smallest absolute Gasteiger partial charge is 0.292 e. The van der Waals surface area contributed by atoms with Crippen LogP contribution < -0.4 is 10.6 Å². The number of aryl methyl sites for hydroxylation is 2. The van der Waals surface area contributed by atoms with Gasteiger partial charge >= 0.3 is 0 Å². The molecule has 2 aromatic rings. The van der Waals surface area contributed by atoms with Gasteiger partial charge in [0.05, 0.1) is 10.6 Å². The minimum Gasteiger partial charge on any atom is -0.378 e. The summed E-state index contributed by atoms with van der Waals surface area (Å²) in [6.07, 6.45) is 0. The number of hydrogen-bond donors (Lipinski definition) is 2. The van der Waals surface area contributed by atoms with Crippen LogP contribution in [-0.4, -0.2) is 29.1 Å². The Morgan fingerprint density at radius 3 is 2.68 bits per heavy atom. The van der Waals surface area contributed by atoms with Crippen molar-refractivity contribution in [1.82, 2.24) is 10.5 Å². The van der Waals surface area contributed by atoms with Crippen molar-refractivity contribution in [3.05, 3.63) is 51.4 Å². The van der Waals surface area contributed by atoms with Gasteiger partial charge < -0.3 is 15.2 Å². The van der Waals surface area contributed by atoms with Crippen molar-refractivity contribution < 1.29 is 14.2 Å². The molecule has 2 rings (SSSR count). The molecule has 8 heteroatoms. The monoisotopic (exact) mass is 304 g/mol. The molecule has 0 atom stereocenters. The molecule has 0 saturated carbocycles. The first-order chi connectivity index (χ1) is 10.5. The van der Waals surface area contributed by atoms with Crippen LogP contribution in [0.15, 0.2) is 28.8 Å². The van der Waals surface area contributed by atoms with Crippen molar-refractivity contribution in [2.45, 2.75) is 13.8 Å². The maximum atomic E-state index is 12.0. The highest BCUT2D eigenvalue weighted by Gasteiger charge is 2.17. The largest absolute Gasteiger partial charge is 0.378 e. The number of aromatic nitrogens is 1. The van der Waals surface area contributed by atoms with Crippen LogP contribution in [0.5, 0.6) is 0 Å². The lowest BCUT2D eigenvalue weighted by molar-refractivity contribution is -0.384. The number of benzene rings is 1. The van der Waals surface area contributed by atoms with E-state index in [1.807, 2.05) is 0 Å². The Morgan fingerprint density at radius 1 is 1.32 bits per heavy atom. The van der Waals surface area contributed by atoms with Crippen molar-refractivity contribution >= 4 is 17.3 Å². The van der Waals surface area contributed by atoms with Gasteiger partial charge in [0.25, 0.3) is 11.6 Å². The third-order valence-corrected chi connectivity index (χ3v) is 3.09. The molecule has 116 valence electrons. The van der Waals surface area contributed by atoms with E-state index in [0.717, 1.165) is 0 Å².